The van der Waals surface area contributed by atoms with Crippen LogP contribution in [0.5, 0.6) is 0 Å². The number of rotatable bonds is 1. The highest BCUT2D eigenvalue weighted by Crippen LogP contribution is 2.22. The molecule has 0 amide bonds. The largest absolute Gasteiger partial charge is 0.443 e. The molecule has 0 aliphatic carbocycles. The van der Waals surface area contributed by atoms with E-state index < -0.39 is 0 Å². The molecule has 1 aromatic rings. The number of aryl methyl sites for hydroxylation is 2. The second-order valence-corrected chi connectivity index (χ2v) is 2.69. The maximum atomic E-state index is 8.14. The first-order valence-electron chi connectivity index (χ1n) is 3.81. The third kappa shape index (κ3) is 2.35. The van der Waals surface area contributed by atoms with E-state index in [4.69, 9.17) is 9.95 Å². The Kier molecular flexibility index (Phi) is 2.72. The molecule has 0 bridgehead atoms. The van der Waals surface area contributed by atoms with E-state index >= 15 is 0 Å². The van der Waals surface area contributed by atoms with E-state index in [1.54, 1.807) is 6.92 Å². The van der Waals surface area contributed by atoms with Crippen LogP contribution in [0.15, 0.2) is 20.6 Å². The summed E-state index contributed by atoms with van der Waals surface area (Å²) in [7, 11) is 0. The normalized spacial score (nSPS) is 11.2. The van der Waals surface area contributed by atoms with Crippen LogP contribution in [0.4, 0.5) is 5.88 Å². The highest BCUT2D eigenvalue weighted by Gasteiger charge is 2.02. The second kappa shape index (κ2) is 3.78. The van der Waals surface area contributed by atoms with E-state index in [0.29, 0.717) is 11.7 Å². The molecule has 0 atom stereocenters. The zero-order chi connectivity index (χ0) is 9.84. The van der Waals surface area contributed by atoms with Gasteiger partial charge in [0.2, 0.25) is 5.88 Å². The molecule has 0 unspecified atom stereocenters. The number of hydrogen-bond acceptors (Lipinski definition) is 2. The number of azide groups is 1. The number of hydrogen-bond donors (Lipinski definition) is 0. The van der Waals surface area contributed by atoms with Crippen molar-refractivity contribution in [3.63, 3.8) is 0 Å². The first-order chi connectivity index (χ1) is 6.13. The van der Waals surface area contributed by atoms with Gasteiger partial charge in [-0.2, -0.15) is 0 Å². The summed E-state index contributed by atoms with van der Waals surface area (Å²) in [5.41, 5.74) is 9.07. The van der Waals surface area contributed by atoms with Crippen molar-refractivity contribution in [1.29, 1.82) is 0 Å². The lowest BCUT2D eigenvalue weighted by molar-refractivity contribution is 0.543. The predicted molar refractivity (Wildman–Crippen MR) is 50.1 cm³/mol. The van der Waals surface area contributed by atoms with Gasteiger partial charge in [-0.05, 0) is 37.5 Å². The topological polar surface area (TPSA) is 74.3 Å². The maximum Gasteiger partial charge on any atom is 0.221 e. The zero-order valence-corrected chi connectivity index (χ0v) is 7.77. The third-order valence-corrected chi connectivity index (χ3v) is 1.47. The van der Waals surface area contributed by atoms with Crippen LogP contribution in [0.2, 0.25) is 0 Å². The summed E-state index contributed by atoms with van der Waals surface area (Å²) in [6, 6.07) is 1.88. The Morgan fingerprint density at radius 3 is 2.69 bits per heavy atom. The Morgan fingerprint density at radius 1 is 1.54 bits per heavy atom. The van der Waals surface area contributed by atoms with Crippen LogP contribution in [0.1, 0.15) is 18.2 Å². The van der Waals surface area contributed by atoms with Gasteiger partial charge in [-0.3, -0.25) is 0 Å². The summed E-state index contributed by atoms with van der Waals surface area (Å²) in [5.74, 6) is 1.65. The predicted octanol–water partition coefficient (Wildman–Crippen LogP) is 3.26. The minimum absolute atomic E-state index is 0.347. The number of furan rings is 1. The molecule has 0 saturated heterocycles. The molecule has 0 spiro atoms. The molecule has 68 valence electrons. The lowest BCUT2D eigenvalue weighted by Gasteiger charge is -1.89. The monoisotopic (exact) mass is 178 g/mol. The summed E-state index contributed by atoms with van der Waals surface area (Å²) < 4.78 is 5.26. The van der Waals surface area contributed by atoms with Gasteiger partial charge in [-0.1, -0.05) is 0 Å². The fourth-order valence-electron chi connectivity index (χ4n) is 0.974. The maximum absolute atomic E-state index is 8.14. The first-order valence-corrected chi connectivity index (χ1v) is 3.81. The van der Waals surface area contributed by atoms with Crippen LogP contribution in [0.3, 0.4) is 0 Å². The molecule has 13 heavy (non-hydrogen) atoms. The summed E-state index contributed by atoms with van der Waals surface area (Å²) in [4.78, 5) is 6.62. The van der Waals surface area contributed by atoms with Crippen LogP contribution in [0, 0.1) is 13.8 Å². The van der Waals surface area contributed by atoms with E-state index in [9.17, 15) is 0 Å². The molecular formula is C8H10N4O. The minimum atomic E-state index is 0.347. The molecule has 0 aromatic carbocycles. The van der Waals surface area contributed by atoms with Crippen molar-refractivity contribution in [2.45, 2.75) is 20.8 Å². The lowest BCUT2D eigenvalue weighted by atomic mass is 10.3. The van der Waals surface area contributed by atoms with Gasteiger partial charge in [0, 0.05) is 10.5 Å². The number of nitrogens with zero attached hydrogens (tertiary/aromatic N) is 4. The van der Waals surface area contributed by atoms with Crippen LogP contribution in [-0.4, -0.2) is 5.84 Å². The summed E-state index contributed by atoms with van der Waals surface area (Å²) in [6.45, 7) is 5.35. The minimum Gasteiger partial charge on any atom is -0.443 e. The van der Waals surface area contributed by atoms with E-state index in [0.717, 1.165) is 11.3 Å². The fourth-order valence-corrected chi connectivity index (χ4v) is 0.974. The molecule has 1 rings (SSSR count). The average Bonchev–Trinajstić information content (AvgIpc) is 2.30. The van der Waals surface area contributed by atoms with Crippen LogP contribution in [-0.2, 0) is 0 Å². The zero-order valence-electron chi connectivity index (χ0n) is 7.77. The van der Waals surface area contributed by atoms with Gasteiger partial charge < -0.3 is 4.42 Å². The smallest absolute Gasteiger partial charge is 0.221 e. The van der Waals surface area contributed by atoms with Crippen molar-refractivity contribution in [3.05, 3.63) is 27.8 Å². The van der Waals surface area contributed by atoms with Crippen LogP contribution in [0.25, 0.3) is 10.4 Å². The van der Waals surface area contributed by atoms with Crippen LogP contribution >= 0.6 is 0 Å². The van der Waals surface area contributed by atoms with Crippen molar-refractivity contribution in [1.82, 2.24) is 0 Å². The van der Waals surface area contributed by atoms with Crippen molar-refractivity contribution in [2.75, 3.05) is 0 Å². The Labute approximate surface area is 75.7 Å². The average molecular weight is 178 g/mol. The number of amidine groups is 1. The molecule has 0 aliphatic rings. The molecule has 0 N–H and O–H groups in total. The molecule has 1 aromatic heterocycles. The highest BCUT2D eigenvalue weighted by atomic mass is 16.4. The number of aliphatic imine (C=N–C) groups is 1. The molecule has 0 aliphatic heterocycles. The van der Waals surface area contributed by atoms with Gasteiger partial charge in [0.15, 0.2) is 0 Å². The molecule has 0 fully saturated rings. The molecular weight excluding hydrogens is 168 g/mol. The summed E-state index contributed by atoms with van der Waals surface area (Å²) in [6.07, 6.45) is 0. The SMILES string of the molecule is CC(N=[N+]=[N-])=Nc1oc(C)cc1C. The molecule has 0 radical (unpaired) electrons. The van der Waals surface area contributed by atoms with Gasteiger partial charge in [0.25, 0.3) is 0 Å². The van der Waals surface area contributed by atoms with Crippen LogP contribution < -0.4 is 0 Å². The van der Waals surface area contributed by atoms with Crippen molar-refractivity contribution in [2.24, 2.45) is 10.1 Å². The highest BCUT2D eigenvalue weighted by molar-refractivity contribution is 5.82. The van der Waals surface area contributed by atoms with Gasteiger partial charge in [0.05, 0.1) is 0 Å². The van der Waals surface area contributed by atoms with Crippen molar-refractivity contribution in [3.8, 4) is 0 Å². The van der Waals surface area contributed by atoms with Gasteiger partial charge in [0.1, 0.15) is 11.6 Å². The Bertz CT molecular complexity index is 385. The molecule has 0 saturated carbocycles. The Balaban J connectivity index is 3.02. The van der Waals surface area contributed by atoms with Gasteiger partial charge in [-0.15, -0.1) is 0 Å². The summed E-state index contributed by atoms with van der Waals surface area (Å²) >= 11 is 0. The van der Waals surface area contributed by atoms with Crippen molar-refractivity contribution < 1.29 is 4.42 Å². The fraction of sp³-hybridized carbons (Fsp3) is 0.375. The third-order valence-electron chi connectivity index (χ3n) is 1.47. The van der Waals surface area contributed by atoms with Gasteiger partial charge in [-0.25, -0.2) is 4.99 Å². The van der Waals surface area contributed by atoms with E-state index in [-0.39, 0.29) is 0 Å². The molecule has 5 nitrogen and oxygen atoms in total. The Hall–Kier alpha value is -1.74. The molecule has 1 heterocycles. The summed E-state index contributed by atoms with van der Waals surface area (Å²) in [5, 5.41) is 3.34. The van der Waals surface area contributed by atoms with E-state index in [1.165, 1.54) is 0 Å². The lowest BCUT2D eigenvalue weighted by Crippen LogP contribution is -1.80. The first kappa shape index (κ1) is 9.35. The van der Waals surface area contributed by atoms with E-state index in [1.807, 2.05) is 19.9 Å². The van der Waals surface area contributed by atoms with Crippen molar-refractivity contribution >= 4 is 11.7 Å². The standard InChI is InChI=1S/C8H10N4O/c1-5-4-6(2)13-8(5)10-7(3)11-12-9/h4H,1-3H3. The Morgan fingerprint density at radius 2 is 2.23 bits per heavy atom. The van der Waals surface area contributed by atoms with Gasteiger partial charge >= 0.3 is 0 Å². The second-order valence-electron chi connectivity index (χ2n) is 2.69. The molecule has 5 heteroatoms. The van der Waals surface area contributed by atoms with E-state index in [2.05, 4.69) is 15.0 Å². The quantitative estimate of drug-likeness (QED) is 0.214.